The molecule has 1 aromatic heterocycles. The Kier molecular flexibility index (Phi) is 4.73. The number of thiocarbonyl (C=S) groups is 1. The minimum Gasteiger partial charge on any atom is -0.480 e. The molecular weight excluding hydrogens is 365 g/mol. The van der Waals surface area contributed by atoms with Gasteiger partial charge in [0.05, 0.1) is 4.91 Å². The van der Waals surface area contributed by atoms with Crippen LogP contribution in [0.4, 0.5) is 4.39 Å². The summed E-state index contributed by atoms with van der Waals surface area (Å²) in [7, 11) is 0. The Morgan fingerprint density at radius 2 is 2.00 bits per heavy atom. The highest BCUT2D eigenvalue weighted by Gasteiger charge is 2.38. The van der Waals surface area contributed by atoms with E-state index in [4.69, 9.17) is 21.7 Å². The average molecular weight is 377 g/mol. The first-order valence-electron chi connectivity index (χ1n) is 7.22. The van der Waals surface area contributed by atoms with E-state index in [0.29, 0.717) is 17.1 Å². The molecule has 1 saturated heterocycles. The predicted molar refractivity (Wildman–Crippen MR) is 96.2 cm³/mol. The highest BCUT2D eigenvalue weighted by atomic mass is 32.2. The SMILES string of the molecule is C[C@H](C(=O)O)N1C(=O)/C(=C\c2ccc(-c3ccc(F)cc3)o2)SC1=S. The smallest absolute Gasteiger partial charge is 0.326 e. The van der Waals surface area contributed by atoms with E-state index < -0.39 is 17.9 Å². The topological polar surface area (TPSA) is 70.8 Å². The molecule has 128 valence electrons. The van der Waals surface area contributed by atoms with E-state index in [-0.39, 0.29) is 15.0 Å². The van der Waals surface area contributed by atoms with Crippen LogP contribution in [0.5, 0.6) is 0 Å². The summed E-state index contributed by atoms with van der Waals surface area (Å²) >= 11 is 6.12. The molecule has 3 rings (SSSR count). The molecule has 0 saturated carbocycles. The fourth-order valence-corrected chi connectivity index (χ4v) is 3.65. The lowest BCUT2D eigenvalue weighted by molar-refractivity contribution is -0.144. The van der Waals surface area contributed by atoms with Crippen molar-refractivity contribution in [3.05, 3.63) is 52.9 Å². The van der Waals surface area contributed by atoms with Crippen molar-refractivity contribution in [3.8, 4) is 11.3 Å². The number of rotatable bonds is 4. The van der Waals surface area contributed by atoms with Crippen LogP contribution in [-0.2, 0) is 9.59 Å². The summed E-state index contributed by atoms with van der Waals surface area (Å²) < 4.78 is 18.8. The normalized spacial score (nSPS) is 17.4. The fraction of sp³-hybridized carbons (Fsp3) is 0.118. The number of carboxylic acids is 1. The molecule has 0 unspecified atom stereocenters. The van der Waals surface area contributed by atoms with Crippen LogP contribution in [0, 0.1) is 5.82 Å². The molecule has 0 radical (unpaired) electrons. The van der Waals surface area contributed by atoms with Crippen LogP contribution in [0.2, 0.25) is 0 Å². The van der Waals surface area contributed by atoms with E-state index in [2.05, 4.69) is 0 Å². The third-order valence-electron chi connectivity index (χ3n) is 3.60. The van der Waals surface area contributed by atoms with Gasteiger partial charge in [-0.05, 0) is 43.3 Å². The zero-order valence-corrected chi connectivity index (χ0v) is 14.6. The Balaban J connectivity index is 1.84. The van der Waals surface area contributed by atoms with E-state index in [0.717, 1.165) is 16.7 Å². The molecule has 1 amide bonds. The zero-order chi connectivity index (χ0) is 18.1. The number of hydrogen-bond donors (Lipinski definition) is 1. The summed E-state index contributed by atoms with van der Waals surface area (Å²) in [4.78, 5) is 24.8. The molecule has 1 aromatic carbocycles. The van der Waals surface area contributed by atoms with Crippen molar-refractivity contribution >= 4 is 46.3 Å². The first-order valence-corrected chi connectivity index (χ1v) is 8.45. The lowest BCUT2D eigenvalue weighted by Crippen LogP contribution is -2.41. The maximum Gasteiger partial charge on any atom is 0.326 e. The molecule has 1 aliphatic rings. The Morgan fingerprint density at radius 1 is 1.32 bits per heavy atom. The second-order valence-electron chi connectivity index (χ2n) is 5.27. The number of nitrogens with zero attached hydrogens (tertiary/aromatic N) is 1. The Bertz CT molecular complexity index is 888. The maximum atomic E-state index is 13.0. The average Bonchev–Trinajstić information content (AvgIpc) is 3.13. The molecule has 2 aromatic rings. The van der Waals surface area contributed by atoms with Gasteiger partial charge in [-0.1, -0.05) is 24.0 Å². The molecule has 25 heavy (non-hydrogen) atoms. The molecule has 0 aliphatic carbocycles. The fourth-order valence-electron chi connectivity index (χ4n) is 2.25. The van der Waals surface area contributed by atoms with Gasteiger partial charge >= 0.3 is 5.97 Å². The van der Waals surface area contributed by atoms with Crippen molar-refractivity contribution in [1.29, 1.82) is 0 Å². The van der Waals surface area contributed by atoms with Crippen molar-refractivity contribution < 1.29 is 23.5 Å². The summed E-state index contributed by atoms with van der Waals surface area (Å²) in [6.07, 6.45) is 1.51. The van der Waals surface area contributed by atoms with Gasteiger partial charge in [0.1, 0.15) is 27.7 Å². The van der Waals surface area contributed by atoms with Crippen LogP contribution < -0.4 is 0 Å². The number of benzene rings is 1. The van der Waals surface area contributed by atoms with E-state index >= 15 is 0 Å². The van der Waals surface area contributed by atoms with Gasteiger partial charge in [0, 0.05) is 11.6 Å². The Hall–Kier alpha value is -2.45. The summed E-state index contributed by atoms with van der Waals surface area (Å²) in [5.74, 6) is -0.992. The summed E-state index contributed by atoms with van der Waals surface area (Å²) in [6, 6.07) is 8.18. The Labute approximate surface area is 152 Å². The monoisotopic (exact) mass is 377 g/mol. The number of amides is 1. The molecule has 5 nitrogen and oxygen atoms in total. The van der Waals surface area contributed by atoms with E-state index in [1.54, 1.807) is 24.3 Å². The third kappa shape index (κ3) is 3.49. The molecule has 8 heteroatoms. The van der Waals surface area contributed by atoms with Gasteiger partial charge in [-0.2, -0.15) is 0 Å². The van der Waals surface area contributed by atoms with Gasteiger partial charge < -0.3 is 9.52 Å². The summed E-state index contributed by atoms with van der Waals surface area (Å²) in [6.45, 7) is 1.40. The molecule has 1 aliphatic heterocycles. The number of hydrogen-bond acceptors (Lipinski definition) is 5. The number of carbonyl (C=O) groups excluding carboxylic acids is 1. The van der Waals surface area contributed by atoms with Crippen molar-refractivity contribution in [2.75, 3.05) is 0 Å². The highest BCUT2D eigenvalue weighted by molar-refractivity contribution is 8.26. The molecule has 2 heterocycles. The number of furan rings is 1. The van der Waals surface area contributed by atoms with Gasteiger partial charge in [-0.3, -0.25) is 9.69 Å². The number of carboxylic acid groups (broad SMARTS) is 1. The summed E-state index contributed by atoms with van der Waals surface area (Å²) in [5, 5.41) is 9.08. The van der Waals surface area contributed by atoms with Crippen molar-refractivity contribution in [1.82, 2.24) is 4.90 Å². The molecule has 0 spiro atoms. The minimum atomic E-state index is -1.13. The predicted octanol–water partition coefficient (Wildman–Crippen LogP) is 3.76. The highest BCUT2D eigenvalue weighted by Crippen LogP contribution is 2.34. The lowest BCUT2D eigenvalue weighted by atomic mass is 10.2. The van der Waals surface area contributed by atoms with Gasteiger partial charge in [0.2, 0.25) is 0 Å². The molecular formula is C17H12FNO4S2. The second kappa shape index (κ2) is 6.81. The van der Waals surface area contributed by atoms with E-state index in [1.165, 1.54) is 25.1 Å². The van der Waals surface area contributed by atoms with E-state index in [1.807, 2.05) is 0 Å². The number of thioether (sulfide) groups is 1. The summed E-state index contributed by atoms with van der Waals surface area (Å²) in [5.41, 5.74) is 0.702. The van der Waals surface area contributed by atoms with Crippen LogP contribution in [0.3, 0.4) is 0 Å². The van der Waals surface area contributed by atoms with Crippen LogP contribution >= 0.6 is 24.0 Å². The maximum absolute atomic E-state index is 13.0. The standard InChI is InChI=1S/C17H12FNO4S2/c1-9(16(21)22)19-15(20)14(25-17(19)24)8-12-6-7-13(23-12)10-2-4-11(18)5-3-10/h2-9H,1H3,(H,21,22)/b14-8+/t9-/m1/s1. The van der Waals surface area contributed by atoms with Crippen LogP contribution in [0.25, 0.3) is 17.4 Å². The molecule has 1 fully saturated rings. The van der Waals surface area contributed by atoms with Crippen molar-refractivity contribution in [2.24, 2.45) is 0 Å². The number of aliphatic carboxylic acids is 1. The van der Waals surface area contributed by atoms with Gasteiger partial charge in [-0.15, -0.1) is 0 Å². The van der Waals surface area contributed by atoms with Gasteiger partial charge in [0.15, 0.2) is 0 Å². The quantitative estimate of drug-likeness (QED) is 0.646. The van der Waals surface area contributed by atoms with Gasteiger partial charge in [-0.25, -0.2) is 9.18 Å². The molecule has 1 atom stereocenters. The third-order valence-corrected chi connectivity index (χ3v) is 4.93. The minimum absolute atomic E-state index is 0.191. The largest absolute Gasteiger partial charge is 0.480 e. The lowest BCUT2D eigenvalue weighted by Gasteiger charge is -2.18. The number of carbonyl (C=O) groups is 2. The van der Waals surface area contributed by atoms with Crippen LogP contribution in [-0.4, -0.2) is 32.2 Å². The van der Waals surface area contributed by atoms with Crippen molar-refractivity contribution in [2.45, 2.75) is 13.0 Å². The van der Waals surface area contributed by atoms with E-state index in [9.17, 15) is 14.0 Å². The van der Waals surface area contributed by atoms with Gasteiger partial charge in [0.25, 0.3) is 5.91 Å². The Morgan fingerprint density at radius 3 is 2.64 bits per heavy atom. The second-order valence-corrected chi connectivity index (χ2v) is 6.95. The van der Waals surface area contributed by atoms with Crippen LogP contribution in [0.15, 0.2) is 45.7 Å². The van der Waals surface area contributed by atoms with Crippen LogP contribution in [0.1, 0.15) is 12.7 Å². The van der Waals surface area contributed by atoms with Crippen molar-refractivity contribution in [3.63, 3.8) is 0 Å². The first-order chi connectivity index (χ1) is 11.9. The molecule has 0 bridgehead atoms. The molecule has 1 N–H and O–H groups in total. The zero-order valence-electron chi connectivity index (χ0n) is 12.9. The number of halogens is 1. The first kappa shape index (κ1) is 17.4.